The molecule has 2 fully saturated rings. The third kappa shape index (κ3) is 4.21. The summed E-state index contributed by atoms with van der Waals surface area (Å²) < 4.78 is 0. The van der Waals surface area contributed by atoms with Gasteiger partial charge in [-0.3, -0.25) is 9.59 Å². The summed E-state index contributed by atoms with van der Waals surface area (Å²) in [5.74, 6) is -0.0789. The number of amides is 2. The van der Waals surface area contributed by atoms with Gasteiger partial charge in [0.05, 0.1) is 5.92 Å². The number of aryl methyl sites for hydroxylation is 1. The van der Waals surface area contributed by atoms with Crippen LogP contribution < -0.4 is 0 Å². The maximum absolute atomic E-state index is 12.9. The molecule has 2 aliphatic heterocycles. The second-order valence-corrected chi connectivity index (χ2v) is 7.35. The van der Waals surface area contributed by atoms with E-state index in [-0.39, 0.29) is 30.4 Å². The van der Waals surface area contributed by atoms with Crippen molar-refractivity contribution >= 4 is 11.8 Å². The van der Waals surface area contributed by atoms with Crippen molar-refractivity contribution in [2.75, 3.05) is 19.7 Å². The lowest BCUT2D eigenvalue weighted by atomic mass is 9.96. The Hall–Kier alpha value is -1.88. The topological polar surface area (TPSA) is 60.9 Å². The Kier molecular flexibility index (Phi) is 5.74. The summed E-state index contributed by atoms with van der Waals surface area (Å²) in [7, 11) is 0. The van der Waals surface area contributed by atoms with Crippen LogP contribution in [0.15, 0.2) is 24.3 Å². The van der Waals surface area contributed by atoms with Gasteiger partial charge in [-0.15, -0.1) is 0 Å². The summed E-state index contributed by atoms with van der Waals surface area (Å²) in [6.45, 7) is 3.99. The number of aliphatic hydroxyl groups is 1. The quantitative estimate of drug-likeness (QED) is 0.890. The molecule has 0 radical (unpaired) electrons. The minimum Gasteiger partial charge on any atom is -0.396 e. The molecule has 1 aromatic carbocycles. The van der Waals surface area contributed by atoms with Crippen molar-refractivity contribution in [3.63, 3.8) is 0 Å². The number of hydrogen-bond acceptors (Lipinski definition) is 3. The maximum atomic E-state index is 12.9. The number of rotatable bonds is 5. The SMILES string of the molecule is Cc1ccc(CN2CC(C(=O)N3CCCCC3CCO)CC2=O)cc1. The van der Waals surface area contributed by atoms with Crippen LogP contribution >= 0.6 is 0 Å². The second-order valence-electron chi connectivity index (χ2n) is 7.35. The highest BCUT2D eigenvalue weighted by atomic mass is 16.3. The van der Waals surface area contributed by atoms with Gasteiger partial charge in [0.25, 0.3) is 0 Å². The fourth-order valence-corrected chi connectivity index (χ4v) is 3.98. The van der Waals surface area contributed by atoms with Gasteiger partial charge in [-0.2, -0.15) is 0 Å². The first-order valence-electron chi connectivity index (χ1n) is 9.33. The van der Waals surface area contributed by atoms with E-state index >= 15 is 0 Å². The fraction of sp³-hybridized carbons (Fsp3) is 0.600. The van der Waals surface area contributed by atoms with E-state index in [2.05, 4.69) is 0 Å². The van der Waals surface area contributed by atoms with Crippen LogP contribution in [0.2, 0.25) is 0 Å². The average Bonchev–Trinajstić information content (AvgIpc) is 2.98. The lowest BCUT2D eigenvalue weighted by Crippen LogP contribution is -2.47. The van der Waals surface area contributed by atoms with E-state index in [4.69, 9.17) is 0 Å². The highest BCUT2D eigenvalue weighted by molar-refractivity contribution is 5.89. The summed E-state index contributed by atoms with van der Waals surface area (Å²) in [6, 6.07) is 8.31. The summed E-state index contributed by atoms with van der Waals surface area (Å²) in [5.41, 5.74) is 2.30. The molecule has 3 rings (SSSR count). The molecule has 1 aromatic rings. The normalized spacial score (nSPS) is 24.0. The van der Waals surface area contributed by atoms with Crippen molar-refractivity contribution in [1.29, 1.82) is 0 Å². The molecule has 5 heteroatoms. The first-order chi connectivity index (χ1) is 12.1. The molecule has 2 aliphatic rings. The van der Waals surface area contributed by atoms with Gasteiger partial charge in [0.1, 0.15) is 0 Å². The summed E-state index contributed by atoms with van der Waals surface area (Å²) in [4.78, 5) is 29.0. The van der Waals surface area contributed by atoms with Crippen LogP contribution in [0.3, 0.4) is 0 Å². The molecule has 2 heterocycles. The van der Waals surface area contributed by atoms with Crippen LogP contribution in [0.5, 0.6) is 0 Å². The van der Waals surface area contributed by atoms with Crippen LogP contribution in [-0.4, -0.2) is 52.5 Å². The molecule has 25 heavy (non-hydrogen) atoms. The van der Waals surface area contributed by atoms with Crippen molar-refractivity contribution in [3.05, 3.63) is 35.4 Å². The van der Waals surface area contributed by atoms with Crippen molar-refractivity contribution < 1.29 is 14.7 Å². The zero-order valence-electron chi connectivity index (χ0n) is 15.0. The number of nitrogens with zero attached hydrogens (tertiary/aromatic N) is 2. The zero-order chi connectivity index (χ0) is 17.8. The van der Waals surface area contributed by atoms with Gasteiger partial charge >= 0.3 is 0 Å². The van der Waals surface area contributed by atoms with E-state index in [0.717, 1.165) is 31.4 Å². The molecular weight excluding hydrogens is 316 g/mol. The zero-order valence-corrected chi connectivity index (χ0v) is 15.0. The van der Waals surface area contributed by atoms with Gasteiger partial charge in [0.2, 0.25) is 11.8 Å². The van der Waals surface area contributed by atoms with Crippen molar-refractivity contribution in [3.8, 4) is 0 Å². The van der Waals surface area contributed by atoms with Gasteiger partial charge in [0.15, 0.2) is 0 Å². The van der Waals surface area contributed by atoms with E-state index in [0.29, 0.717) is 25.9 Å². The van der Waals surface area contributed by atoms with E-state index in [1.807, 2.05) is 36.1 Å². The van der Waals surface area contributed by atoms with E-state index in [1.54, 1.807) is 4.90 Å². The molecule has 2 atom stereocenters. The Morgan fingerprint density at radius 1 is 1.24 bits per heavy atom. The molecule has 5 nitrogen and oxygen atoms in total. The van der Waals surface area contributed by atoms with Gasteiger partial charge < -0.3 is 14.9 Å². The minimum absolute atomic E-state index is 0.0645. The second kappa shape index (κ2) is 8.00. The molecule has 2 amide bonds. The highest BCUT2D eigenvalue weighted by Gasteiger charge is 2.38. The molecule has 0 bridgehead atoms. The summed E-state index contributed by atoms with van der Waals surface area (Å²) in [5, 5.41) is 9.25. The lowest BCUT2D eigenvalue weighted by molar-refractivity contribution is -0.139. The standard InChI is InChI=1S/C20H28N2O3/c1-15-5-7-16(8-6-15)13-21-14-17(12-19(21)24)20(25)22-10-3-2-4-18(22)9-11-23/h5-8,17-18,23H,2-4,9-14H2,1H3. The molecule has 136 valence electrons. The molecular formula is C20H28N2O3. The first-order valence-corrected chi connectivity index (χ1v) is 9.33. The Morgan fingerprint density at radius 3 is 2.72 bits per heavy atom. The van der Waals surface area contributed by atoms with Gasteiger partial charge in [0, 0.05) is 38.7 Å². The van der Waals surface area contributed by atoms with E-state index < -0.39 is 0 Å². The van der Waals surface area contributed by atoms with Crippen LogP contribution in [0.1, 0.15) is 43.2 Å². The molecule has 0 aliphatic carbocycles. The van der Waals surface area contributed by atoms with Gasteiger partial charge in [-0.05, 0) is 38.2 Å². The largest absolute Gasteiger partial charge is 0.396 e. The number of likely N-dealkylation sites (tertiary alicyclic amines) is 2. The number of piperidine rings is 1. The first kappa shape index (κ1) is 17.9. The maximum Gasteiger partial charge on any atom is 0.228 e. The molecule has 2 saturated heterocycles. The number of aliphatic hydroxyl groups excluding tert-OH is 1. The molecule has 0 saturated carbocycles. The van der Waals surface area contributed by atoms with Crippen molar-refractivity contribution in [1.82, 2.24) is 9.80 Å². The van der Waals surface area contributed by atoms with Crippen LogP contribution in [0.4, 0.5) is 0 Å². The van der Waals surface area contributed by atoms with Gasteiger partial charge in [-0.1, -0.05) is 29.8 Å². The lowest BCUT2D eigenvalue weighted by Gasteiger charge is -2.37. The Morgan fingerprint density at radius 2 is 2.00 bits per heavy atom. The third-order valence-electron chi connectivity index (χ3n) is 5.43. The number of benzene rings is 1. The molecule has 2 unspecified atom stereocenters. The van der Waals surface area contributed by atoms with Crippen molar-refractivity contribution in [2.45, 2.75) is 51.6 Å². The minimum atomic E-state index is -0.239. The van der Waals surface area contributed by atoms with Crippen molar-refractivity contribution in [2.24, 2.45) is 5.92 Å². The van der Waals surface area contributed by atoms with Crippen LogP contribution in [0.25, 0.3) is 0 Å². The molecule has 0 aromatic heterocycles. The number of carbonyl (C=O) groups excluding carboxylic acids is 2. The fourth-order valence-electron chi connectivity index (χ4n) is 3.98. The molecule has 0 spiro atoms. The summed E-state index contributed by atoms with van der Waals surface area (Å²) in [6.07, 6.45) is 4.03. The highest BCUT2D eigenvalue weighted by Crippen LogP contribution is 2.27. The van der Waals surface area contributed by atoms with Crippen LogP contribution in [0, 0.1) is 12.8 Å². The Labute approximate surface area is 149 Å². The van der Waals surface area contributed by atoms with E-state index in [9.17, 15) is 14.7 Å². The smallest absolute Gasteiger partial charge is 0.228 e. The number of carbonyl (C=O) groups is 2. The Bertz CT molecular complexity index is 612. The predicted octanol–water partition coefficient (Wildman–Crippen LogP) is 2.11. The average molecular weight is 344 g/mol. The summed E-state index contributed by atoms with van der Waals surface area (Å²) >= 11 is 0. The Balaban J connectivity index is 1.62. The monoisotopic (exact) mass is 344 g/mol. The van der Waals surface area contributed by atoms with Crippen LogP contribution in [-0.2, 0) is 16.1 Å². The number of hydrogen-bond donors (Lipinski definition) is 1. The van der Waals surface area contributed by atoms with E-state index in [1.165, 1.54) is 5.56 Å². The molecule has 1 N–H and O–H groups in total. The predicted molar refractivity (Wildman–Crippen MR) is 95.8 cm³/mol. The third-order valence-corrected chi connectivity index (χ3v) is 5.43. The van der Waals surface area contributed by atoms with Gasteiger partial charge in [-0.25, -0.2) is 0 Å².